The fourth-order valence-electron chi connectivity index (χ4n) is 2.67. The molecule has 0 amide bonds. The lowest BCUT2D eigenvalue weighted by Gasteiger charge is -2.13. The third-order valence-electron chi connectivity index (χ3n) is 3.93. The average molecular weight is 424 g/mol. The Hall–Kier alpha value is -2.44. The van der Waals surface area contributed by atoms with Crippen LogP contribution in [0.4, 0.5) is 0 Å². The van der Waals surface area contributed by atoms with Crippen molar-refractivity contribution in [3.63, 3.8) is 0 Å². The van der Waals surface area contributed by atoms with Crippen LogP contribution in [0.5, 0.6) is 0 Å². The normalized spacial score (nSPS) is 11.0. The zero-order valence-electron chi connectivity index (χ0n) is 13.7. The van der Waals surface area contributed by atoms with E-state index in [-0.39, 0.29) is 5.56 Å². The van der Waals surface area contributed by atoms with Crippen molar-refractivity contribution < 1.29 is 0 Å². The molecule has 2 heterocycles. The smallest absolute Gasteiger partial charge is 0.266 e. The van der Waals surface area contributed by atoms with E-state index in [0.29, 0.717) is 21.8 Å². The monoisotopic (exact) mass is 423 g/mol. The molecule has 2 aromatic heterocycles. The summed E-state index contributed by atoms with van der Waals surface area (Å²) in [6, 6.07) is 19.1. The van der Waals surface area contributed by atoms with Crippen molar-refractivity contribution in [2.75, 3.05) is 0 Å². The Balaban J connectivity index is 1.87. The van der Waals surface area contributed by atoms with E-state index in [0.717, 1.165) is 15.7 Å². The molecule has 0 saturated carbocycles. The summed E-state index contributed by atoms with van der Waals surface area (Å²) in [5, 5.41) is 1.27. The third-order valence-corrected chi connectivity index (χ3v) is 5.43. The first-order chi connectivity index (χ1) is 12.7. The van der Waals surface area contributed by atoms with Gasteiger partial charge < -0.3 is 0 Å². The van der Waals surface area contributed by atoms with Crippen molar-refractivity contribution in [2.45, 2.75) is 10.9 Å². The number of nitrogens with zero attached hydrogens (tertiary/aromatic N) is 3. The summed E-state index contributed by atoms with van der Waals surface area (Å²) in [5.41, 5.74) is 2.57. The van der Waals surface area contributed by atoms with Crippen molar-refractivity contribution in [3.05, 3.63) is 93.4 Å². The van der Waals surface area contributed by atoms with Gasteiger partial charge >= 0.3 is 0 Å². The molecule has 0 aliphatic carbocycles. The first-order valence-electron chi connectivity index (χ1n) is 8.02. The standard InChI is InChI=1S/C20H14BrN3OS/c21-15-6-7-18-17(12-15)19(25)24(16-4-2-1-3-5-16)20(23-18)26-13-14-8-10-22-11-9-14/h1-12H,13H2. The summed E-state index contributed by atoms with van der Waals surface area (Å²) in [7, 11) is 0. The highest BCUT2D eigenvalue weighted by Gasteiger charge is 2.13. The summed E-state index contributed by atoms with van der Waals surface area (Å²) in [6.45, 7) is 0. The molecule has 0 N–H and O–H groups in total. The first kappa shape index (κ1) is 17.0. The predicted octanol–water partition coefficient (Wildman–Crippen LogP) is 4.84. The largest absolute Gasteiger partial charge is 0.268 e. The molecule has 6 heteroatoms. The predicted molar refractivity (Wildman–Crippen MR) is 109 cm³/mol. The van der Waals surface area contributed by atoms with E-state index in [9.17, 15) is 4.79 Å². The van der Waals surface area contributed by atoms with Gasteiger partial charge in [0.05, 0.1) is 16.6 Å². The Morgan fingerprint density at radius 1 is 1.00 bits per heavy atom. The van der Waals surface area contributed by atoms with Crippen LogP contribution in [-0.4, -0.2) is 14.5 Å². The Bertz CT molecular complexity index is 1110. The van der Waals surface area contributed by atoms with E-state index >= 15 is 0 Å². The minimum atomic E-state index is -0.0697. The molecule has 0 aliphatic rings. The van der Waals surface area contributed by atoms with Crippen molar-refractivity contribution in [1.82, 2.24) is 14.5 Å². The third kappa shape index (κ3) is 3.43. The number of pyridine rings is 1. The van der Waals surface area contributed by atoms with Gasteiger partial charge in [-0.05, 0) is 48.0 Å². The van der Waals surface area contributed by atoms with E-state index in [1.54, 1.807) is 28.7 Å². The van der Waals surface area contributed by atoms with Crippen LogP contribution in [0.2, 0.25) is 0 Å². The number of hydrogen-bond acceptors (Lipinski definition) is 4. The Morgan fingerprint density at radius 3 is 2.54 bits per heavy atom. The van der Waals surface area contributed by atoms with E-state index in [4.69, 9.17) is 4.98 Å². The zero-order valence-corrected chi connectivity index (χ0v) is 16.1. The van der Waals surface area contributed by atoms with Gasteiger partial charge in [-0.3, -0.25) is 14.3 Å². The second-order valence-corrected chi connectivity index (χ2v) is 7.53. The Morgan fingerprint density at radius 2 is 1.77 bits per heavy atom. The van der Waals surface area contributed by atoms with E-state index < -0.39 is 0 Å². The average Bonchev–Trinajstić information content (AvgIpc) is 2.68. The number of thioether (sulfide) groups is 1. The van der Waals surface area contributed by atoms with Crippen LogP contribution in [0.15, 0.2) is 87.5 Å². The summed E-state index contributed by atoms with van der Waals surface area (Å²) in [4.78, 5) is 22.0. The molecule has 0 aliphatic heterocycles. The van der Waals surface area contributed by atoms with Crippen molar-refractivity contribution in [2.24, 2.45) is 0 Å². The van der Waals surface area contributed by atoms with Gasteiger partial charge in [0.1, 0.15) is 0 Å². The Labute approximate surface area is 163 Å². The van der Waals surface area contributed by atoms with E-state index in [1.165, 1.54) is 0 Å². The van der Waals surface area contributed by atoms with Crippen LogP contribution in [-0.2, 0) is 5.75 Å². The number of halogens is 1. The SMILES string of the molecule is O=c1c2cc(Br)ccc2nc(SCc2ccncc2)n1-c1ccccc1. The van der Waals surface area contributed by atoms with Gasteiger partial charge in [-0.25, -0.2) is 4.98 Å². The second-order valence-electron chi connectivity index (χ2n) is 5.68. The molecule has 0 atom stereocenters. The Kier molecular flexibility index (Phi) is 4.86. The minimum absolute atomic E-state index is 0.0697. The molecule has 0 saturated heterocycles. The lowest BCUT2D eigenvalue weighted by atomic mass is 10.2. The molecular formula is C20H14BrN3OS. The highest BCUT2D eigenvalue weighted by atomic mass is 79.9. The van der Waals surface area contributed by atoms with Gasteiger partial charge in [0.2, 0.25) is 0 Å². The molecule has 0 unspecified atom stereocenters. The molecule has 0 spiro atoms. The number of rotatable bonds is 4. The molecular weight excluding hydrogens is 410 g/mol. The van der Waals surface area contributed by atoms with Crippen molar-refractivity contribution >= 4 is 38.6 Å². The van der Waals surface area contributed by atoms with Gasteiger partial charge in [0.15, 0.2) is 5.16 Å². The maximum absolute atomic E-state index is 13.2. The molecule has 0 radical (unpaired) electrons. The maximum atomic E-state index is 13.2. The van der Waals surface area contributed by atoms with Crippen LogP contribution < -0.4 is 5.56 Å². The second kappa shape index (κ2) is 7.43. The summed E-state index contributed by atoms with van der Waals surface area (Å²) < 4.78 is 2.54. The van der Waals surface area contributed by atoms with Crippen molar-refractivity contribution in [3.8, 4) is 5.69 Å². The van der Waals surface area contributed by atoms with Crippen LogP contribution in [0.1, 0.15) is 5.56 Å². The first-order valence-corrected chi connectivity index (χ1v) is 9.80. The van der Waals surface area contributed by atoms with E-state index in [1.807, 2.05) is 60.7 Å². The van der Waals surface area contributed by atoms with Crippen LogP contribution in [0, 0.1) is 0 Å². The van der Waals surface area contributed by atoms with Crippen LogP contribution in [0.3, 0.4) is 0 Å². The molecule has 4 aromatic rings. The number of aromatic nitrogens is 3. The fraction of sp³-hybridized carbons (Fsp3) is 0.0500. The number of fused-ring (bicyclic) bond motifs is 1. The molecule has 0 bridgehead atoms. The summed E-state index contributed by atoms with van der Waals surface area (Å²) in [5.74, 6) is 0.712. The minimum Gasteiger partial charge on any atom is -0.268 e. The van der Waals surface area contributed by atoms with Crippen LogP contribution in [0.25, 0.3) is 16.6 Å². The van der Waals surface area contributed by atoms with Gasteiger partial charge in [0.25, 0.3) is 5.56 Å². The zero-order chi connectivity index (χ0) is 17.9. The van der Waals surface area contributed by atoms with Crippen LogP contribution >= 0.6 is 27.7 Å². The molecule has 26 heavy (non-hydrogen) atoms. The summed E-state index contributed by atoms with van der Waals surface area (Å²) >= 11 is 4.98. The van der Waals surface area contributed by atoms with Crippen molar-refractivity contribution in [1.29, 1.82) is 0 Å². The lowest BCUT2D eigenvalue weighted by Crippen LogP contribution is -2.21. The lowest BCUT2D eigenvalue weighted by molar-refractivity contribution is 0.819. The number of hydrogen-bond donors (Lipinski definition) is 0. The molecule has 4 rings (SSSR count). The molecule has 4 nitrogen and oxygen atoms in total. The van der Waals surface area contributed by atoms with Gasteiger partial charge in [-0.1, -0.05) is 45.9 Å². The highest BCUT2D eigenvalue weighted by Crippen LogP contribution is 2.25. The molecule has 2 aromatic carbocycles. The van der Waals surface area contributed by atoms with Gasteiger partial charge in [-0.2, -0.15) is 0 Å². The molecule has 128 valence electrons. The van der Waals surface area contributed by atoms with E-state index in [2.05, 4.69) is 20.9 Å². The highest BCUT2D eigenvalue weighted by molar-refractivity contribution is 9.10. The number of para-hydroxylation sites is 1. The maximum Gasteiger partial charge on any atom is 0.266 e. The number of benzene rings is 2. The quantitative estimate of drug-likeness (QED) is 0.348. The van der Waals surface area contributed by atoms with Gasteiger partial charge in [-0.15, -0.1) is 0 Å². The fourth-order valence-corrected chi connectivity index (χ4v) is 4.00. The summed E-state index contributed by atoms with van der Waals surface area (Å²) in [6.07, 6.45) is 3.54. The topological polar surface area (TPSA) is 47.8 Å². The van der Waals surface area contributed by atoms with Gasteiger partial charge in [0, 0.05) is 22.6 Å². The molecule has 0 fully saturated rings.